The number of para-hydroxylation sites is 3. The van der Waals surface area contributed by atoms with Gasteiger partial charge in [0.15, 0.2) is 0 Å². The second-order valence-electron chi connectivity index (χ2n) is 11.0. The van der Waals surface area contributed by atoms with Crippen LogP contribution in [0.15, 0.2) is 182 Å². The zero-order valence-corrected chi connectivity index (χ0v) is 24.7. The zero-order chi connectivity index (χ0) is 42.5. The molecular formula is C45H30N2. The van der Waals surface area contributed by atoms with E-state index in [2.05, 4.69) is 0 Å². The van der Waals surface area contributed by atoms with E-state index in [4.69, 9.17) is 17.3 Å². The van der Waals surface area contributed by atoms with Crippen LogP contribution >= 0.6 is 0 Å². The van der Waals surface area contributed by atoms with Gasteiger partial charge in [-0.05, 0) is 85.2 Å². The SMILES string of the molecule is [2H]c1c([2H])c([2H])c(-n2c(-c3cccc(-c4c5c([2H])c([2H])c([2H])c([2H])c5c(-c5ccccc5-c5ccccc5)c5c([2H])c([2H])c([2H])c([2H])c45)c3)nc3ccccc32)c([2H])c1[2H]. The fourth-order valence-electron chi connectivity index (χ4n) is 6.37. The molecule has 9 rings (SSSR count). The van der Waals surface area contributed by atoms with Gasteiger partial charge < -0.3 is 0 Å². The van der Waals surface area contributed by atoms with Gasteiger partial charge in [-0.2, -0.15) is 0 Å². The topological polar surface area (TPSA) is 17.8 Å². The molecule has 0 aliphatic carbocycles. The first kappa shape index (κ1) is 16.9. The smallest absolute Gasteiger partial charge is 0.145 e. The summed E-state index contributed by atoms with van der Waals surface area (Å²) in [5, 5.41) is 0.197. The van der Waals surface area contributed by atoms with Crippen LogP contribution in [0.3, 0.4) is 0 Å². The summed E-state index contributed by atoms with van der Waals surface area (Å²) >= 11 is 0. The molecule has 2 heteroatoms. The molecule has 0 spiro atoms. The third-order valence-electron chi connectivity index (χ3n) is 8.34. The van der Waals surface area contributed by atoms with Crippen molar-refractivity contribution in [1.29, 1.82) is 0 Å². The van der Waals surface area contributed by atoms with Crippen LogP contribution in [0.4, 0.5) is 0 Å². The van der Waals surface area contributed by atoms with Crippen LogP contribution in [-0.2, 0) is 0 Å². The molecule has 0 aliphatic heterocycles. The zero-order valence-electron chi connectivity index (χ0n) is 37.7. The Balaban J connectivity index is 1.46. The summed E-state index contributed by atoms with van der Waals surface area (Å²) in [5.41, 5.74) is 3.82. The van der Waals surface area contributed by atoms with Gasteiger partial charge in [-0.25, -0.2) is 4.98 Å². The van der Waals surface area contributed by atoms with Crippen LogP contribution in [0.2, 0.25) is 0 Å². The number of aromatic nitrogens is 2. The van der Waals surface area contributed by atoms with Gasteiger partial charge in [-0.1, -0.05) is 151 Å². The largest absolute Gasteiger partial charge is 0.292 e. The number of hydrogen-bond acceptors (Lipinski definition) is 1. The number of imidazole rings is 1. The van der Waals surface area contributed by atoms with E-state index in [-0.39, 0.29) is 44.2 Å². The van der Waals surface area contributed by atoms with Crippen LogP contribution in [-0.4, -0.2) is 9.55 Å². The molecule has 8 aromatic carbocycles. The fraction of sp³-hybridized carbons (Fsp3) is 0. The summed E-state index contributed by atoms with van der Waals surface area (Å²) in [4.78, 5) is 4.87. The molecule has 0 radical (unpaired) electrons. The average molecular weight is 612 g/mol. The first-order chi connectivity index (χ1) is 28.7. The molecule has 0 atom stereocenters. The summed E-state index contributed by atoms with van der Waals surface area (Å²) < 4.78 is 117. The van der Waals surface area contributed by atoms with Crippen molar-refractivity contribution in [1.82, 2.24) is 9.55 Å². The molecule has 0 bridgehead atoms. The van der Waals surface area contributed by atoms with Gasteiger partial charge in [0.05, 0.1) is 28.9 Å². The molecule has 1 aromatic heterocycles. The lowest BCUT2D eigenvalue weighted by atomic mass is 9.83. The van der Waals surface area contributed by atoms with E-state index in [9.17, 15) is 5.48 Å². The van der Waals surface area contributed by atoms with E-state index in [0.29, 0.717) is 33.3 Å². The minimum absolute atomic E-state index is 0.0349. The van der Waals surface area contributed by atoms with Gasteiger partial charge in [0, 0.05) is 11.3 Å². The van der Waals surface area contributed by atoms with Gasteiger partial charge in [0.25, 0.3) is 0 Å². The van der Waals surface area contributed by atoms with E-state index in [1.165, 1.54) is 4.57 Å². The summed E-state index contributed by atoms with van der Waals surface area (Å²) in [5.74, 6) is 0.197. The molecule has 0 unspecified atom stereocenters. The minimum atomic E-state index is -0.551. The Labute approximate surface area is 292 Å². The van der Waals surface area contributed by atoms with Crippen molar-refractivity contribution in [3.05, 3.63) is 182 Å². The van der Waals surface area contributed by atoms with Crippen LogP contribution in [0.5, 0.6) is 0 Å². The van der Waals surface area contributed by atoms with Gasteiger partial charge in [0.2, 0.25) is 0 Å². The highest BCUT2D eigenvalue weighted by Crippen LogP contribution is 2.46. The lowest BCUT2D eigenvalue weighted by Gasteiger charge is -2.20. The molecule has 0 amide bonds. The molecule has 0 saturated heterocycles. The molecule has 0 N–H and O–H groups in total. The van der Waals surface area contributed by atoms with Crippen molar-refractivity contribution < 1.29 is 17.8 Å². The van der Waals surface area contributed by atoms with Crippen molar-refractivity contribution in [3.63, 3.8) is 0 Å². The molecule has 1 heterocycles. The summed E-state index contributed by atoms with van der Waals surface area (Å²) in [6, 6.07) is 24.1. The van der Waals surface area contributed by atoms with E-state index in [1.807, 2.05) is 42.5 Å². The Hall–Kier alpha value is -6.25. The second-order valence-corrected chi connectivity index (χ2v) is 11.0. The van der Waals surface area contributed by atoms with Crippen LogP contribution in [0, 0.1) is 0 Å². The normalized spacial score (nSPS) is 15.3. The number of fused-ring (bicyclic) bond motifs is 3. The minimum Gasteiger partial charge on any atom is -0.292 e. The highest BCUT2D eigenvalue weighted by molar-refractivity contribution is 6.22. The predicted molar refractivity (Wildman–Crippen MR) is 198 cm³/mol. The van der Waals surface area contributed by atoms with Crippen molar-refractivity contribution in [2.75, 3.05) is 0 Å². The maximum atomic E-state index is 9.44. The van der Waals surface area contributed by atoms with Crippen molar-refractivity contribution in [2.45, 2.75) is 0 Å². The fourth-order valence-corrected chi connectivity index (χ4v) is 6.37. The summed E-state index contributed by atoms with van der Waals surface area (Å²) in [6.07, 6.45) is 0. The standard InChI is InChI=1S/C45H30N2/c1-3-16-31(17-4-1)35-22-7-8-23-36(35)44-39-26-11-9-24-37(39)43(38-25-10-12-27-40(38)44)32-18-15-19-33(30-32)45-46-41-28-13-14-29-42(41)47(45)34-20-5-2-6-21-34/h1-30H/i2D,5D,6D,9D,10D,11D,12D,20D,21D,24D,25D,26D,27D. The van der Waals surface area contributed by atoms with Gasteiger partial charge in [0.1, 0.15) is 5.82 Å². The Morgan fingerprint density at radius 1 is 0.447 bits per heavy atom. The third kappa shape index (κ3) is 4.54. The molecule has 0 fully saturated rings. The lowest BCUT2D eigenvalue weighted by molar-refractivity contribution is 1.10. The number of nitrogens with zero attached hydrogens (tertiary/aromatic N) is 2. The van der Waals surface area contributed by atoms with Gasteiger partial charge in [-0.15, -0.1) is 0 Å². The van der Waals surface area contributed by atoms with Crippen LogP contribution in [0.25, 0.3) is 83.0 Å². The van der Waals surface area contributed by atoms with Crippen molar-refractivity contribution >= 4 is 32.6 Å². The second kappa shape index (κ2) is 11.3. The maximum Gasteiger partial charge on any atom is 0.145 e. The van der Waals surface area contributed by atoms with Crippen LogP contribution < -0.4 is 0 Å². The predicted octanol–water partition coefficient (Wildman–Crippen LogP) is 12.0. The quantitative estimate of drug-likeness (QED) is 0.177. The Morgan fingerprint density at radius 2 is 1.00 bits per heavy atom. The van der Waals surface area contributed by atoms with E-state index < -0.39 is 78.6 Å². The highest BCUT2D eigenvalue weighted by atomic mass is 15.1. The van der Waals surface area contributed by atoms with Gasteiger partial charge >= 0.3 is 0 Å². The average Bonchev–Trinajstić information content (AvgIpc) is 3.66. The third-order valence-corrected chi connectivity index (χ3v) is 8.34. The summed E-state index contributed by atoms with van der Waals surface area (Å²) in [7, 11) is 0. The Morgan fingerprint density at radius 3 is 1.72 bits per heavy atom. The van der Waals surface area contributed by atoms with E-state index in [0.717, 1.165) is 5.56 Å². The Kier molecular flexibility index (Phi) is 4.05. The molecule has 9 aromatic rings. The van der Waals surface area contributed by atoms with Crippen LogP contribution in [0.1, 0.15) is 17.8 Å². The number of benzene rings is 8. The maximum absolute atomic E-state index is 9.44. The number of hydrogen-bond donors (Lipinski definition) is 0. The molecule has 2 nitrogen and oxygen atoms in total. The first-order valence-electron chi connectivity index (χ1n) is 21.5. The lowest BCUT2D eigenvalue weighted by Crippen LogP contribution is -1.97. The Bertz CT molecular complexity index is 3200. The molecule has 0 aliphatic rings. The molecule has 220 valence electrons. The van der Waals surface area contributed by atoms with E-state index >= 15 is 0 Å². The molecular weight excluding hydrogens is 569 g/mol. The molecule has 0 saturated carbocycles. The molecule has 47 heavy (non-hydrogen) atoms. The monoisotopic (exact) mass is 611 g/mol. The first-order valence-corrected chi connectivity index (χ1v) is 15.0. The number of rotatable bonds is 5. The van der Waals surface area contributed by atoms with Gasteiger partial charge in [-0.3, -0.25) is 4.57 Å². The van der Waals surface area contributed by atoms with Crippen molar-refractivity contribution in [3.8, 4) is 50.5 Å². The van der Waals surface area contributed by atoms with E-state index in [1.54, 1.807) is 60.7 Å². The highest BCUT2D eigenvalue weighted by Gasteiger charge is 2.20. The summed E-state index contributed by atoms with van der Waals surface area (Å²) in [6.45, 7) is 0. The van der Waals surface area contributed by atoms with Crippen molar-refractivity contribution in [2.24, 2.45) is 0 Å².